The van der Waals surface area contributed by atoms with Crippen molar-refractivity contribution < 1.29 is 23.0 Å². The Bertz CT molecular complexity index is 597. The maximum atomic E-state index is 12.3. The average molecular weight is 269 g/mol. The molecule has 2 rings (SSSR count). The molecular weight excluding hydrogens is 259 g/mol. The third kappa shape index (κ3) is 3.09. The highest BCUT2D eigenvalue weighted by Gasteiger charge is 2.32. The van der Waals surface area contributed by atoms with Gasteiger partial charge in [0, 0.05) is 22.9 Å². The standard InChI is InChI=1S/C13H10F3NO2/c14-13(15,16)19-12-4-2-1-3-10(12)9-6-5-8(17)7-11(9)18/h1-7,18H,17H2. The number of aromatic hydroxyl groups is 1. The molecule has 2 aromatic carbocycles. The SMILES string of the molecule is Nc1ccc(-c2ccccc2OC(F)(F)F)c(O)c1. The zero-order valence-electron chi connectivity index (χ0n) is 9.61. The van der Waals surface area contributed by atoms with E-state index in [9.17, 15) is 18.3 Å². The summed E-state index contributed by atoms with van der Waals surface area (Å²) in [5.41, 5.74) is 6.14. The lowest BCUT2D eigenvalue weighted by Crippen LogP contribution is -2.17. The van der Waals surface area contributed by atoms with Crippen molar-refractivity contribution in [3.8, 4) is 22.6 Å². The number of nitrogens with two attached hydrogens (primary N) is 1. The van der Waals surface area contributed by atoms with Gasteiger partial charge in [-0.3, -0.25) is 0 Å². The lowest BCUT2D eigenvalue weighted by atomic mass is 10.0. The van der Waals surface area contributed by atoms with E-state index in [2.05, 4.69) is 4.74 Å². The first-order chi connectivity index (χ1) is 8.87. The van der Waals surface area contributed by atoms with Crippen LogP contribution in [0.5, 0.6) is 11.5 Å². The number of halogens is 3. The normalized spacial score (nSPS) is 11.3. The van der Waals surface area contributed by atoms with Gasteiger partial charge in [-0.05, 0) is 18.2 Å². The number of hydrogen-bond acceptors (Lipinski definition) is 3. The van der Waals surface area contributed by atoms with Gasteiger partial charge < -0.3 is 15.6 Å². The van der Waals surface area contributed by atoms with Gasteiger partial charge in [-0.1, -0.05) is 18.2 Å². The quantitative estimate of drug-likeness (QED) is 0.820. The third-order valence-electron chi connectivity index (χ3n) is 2.42. The predicted octanol–water partition coefficient (Wildman–Crippen LogP) is 3.54. The van der Waals surface area contributed by atoms with Crippen LogP contribution >= 0.6 is 0 Å². The van der Waals surface area contributed by atoms with E-state index in [1.165, 1.54) is 36.4 Å². The molecule has 0 saturated heterocycles. The number of phenolic OH excluding ortho intramolecular Hbond substituents is 1. The molecule has 0 aromatic heterocycles. The Morgan fingerprint density at radius 3 is 2.32 bits per heavy atom. The summed E-state index contributed by atoms with van der Waals surface area (Å²) in [7, 11) is 0. The minimum atomic E-state index is -4.79. The van der Waals surface area contributed by atoms with E-state index < -0.39 is 6.36 Å². The maximum absolute atomic E-state index is 12.3. The molecule has 3 nitrogen and oxygen atoms in total. The second-order valence-electron chi connectivity index (χ2n) is 3.82. The van der Waals surface area contributed by atoms with Crippen LogP contribution in [-0.4, -0.2) is 11.5 Å². The second-order valence-corrected chi connectivity index (χ2v) is 3.82. The minimum absolute atomic E-state index is 0.136. The van der Waals surface area contributed by atoms with Crippen molar-refractivity contribution in [1.29, 1.82) is 0 Å². The number of para-hydroxylation sites is 1. The van der Waals surface area contributed by atoms with Crippen LogP contribution in [0.2, 0.25) is 0 Å². The zero-order chi connectivity index (χ0) is 14.0. The topological polar surface area (TPSA) is 55.5 Å². The lowest BCUT2D eigenvalue weighted by molar-refractivity contribution is -0.274. The Kier molecular flexibility index (Phi) is 3.25. The predicted molar refractivity (Wildman–Crippen MR) is 64.6 cm³/mol. The number of hydrogen-bond donors (Lipinski definition) is 2. The van der Waals surface area contributed by atoms with Crippen molar-refractivity contribution >= 4 is 5.69 Å². The molecule has 19 heavy (non-hydrogen) atoms. The summed E-state index contributed by atoms with van der Waals surface area (Å²) in [5.74, 6) is -0.590. The molecule has 0 aliphatic carbocycles. The number of anilines is 1. The number of alkyl halides is 3. The molecule has 0 unspecified atom stereocenters. The van der Waals surface area contributed by atoms with E-state index in [0.717, 1.165) is 0 Å². The molecule has 0 aliphatic heterocycles. The van der Waals surface area contributed by atoms with E-state index in [1.54, 1.807) is 6.07 Å². The molecule has 100 valence electrons. The summed E-state index contributed by atoms with van der Waals surface area (Å²) in [6.07, 6.45) is -4.79. The van der Waals surface area contributed by atoms with E-state index in [-0.39, 0.29) is 22.6 Å². The summed E-state index contributed by atoms with van der Waals surface area (Å²) in [4.78, 5) is 0. The van der Waals surface area contributed by atoms with E-state index in [4.69, 9.17) is 5.73 Å². The van der Waals surface area contributed by atoms with Crippen LogP contribution in [0.4, 0.5) is 18.9 Å². The van der Waals surface area contributed by atoms with Gasteiger partial charge >= 0.3 is 6.36 Å². The lowest BCUT2D eigenvalue weighted by Gasteiger charge is -2.14. The van der Waals surface area contributed by atoms with Gasteiger partial charge in [0.05, 0.1) is 0 Å². The van der Waals surface area contributed by atoms with Gasteiger partial charge in [0.15, 0.2) is 0 Å². The molecule has 0 amide bonds. The Morgan fingerprint density at radius 2 is 1.68 bits per heavy atom. The molecular formula is C13H10F3NO2. The molecule has 0 fully saturated rings. The third-order valence-corrected chi connectivity index (χ3v) is 2.42. The van der Waals surface area contributed by atoms with Gasteiger partial charge in [-0.2, -0.15) is 0 Å². The van der Waals surface area contributed by atoms with Gasteiger partial charge in [0.1, 0.15) is 11.5 Å². The van der Waals surface area contributed by atoms with Crippen molar-refractivity contribution in [2.45, 2.75) is 6.36 Å². The fourth-order valence-corrected chi connectivity index (χ4v) is 1.68. The first kappa shape index (κ1) is 13.1. The van der Waals surface area contributed by atoms with Gasteiger partial charge in [-0.25, -0.2) is 0 Å². The van der Waals surface area contributed by atoms with Gasteiger partial charge in [0.2, 0.25) is 0 Å². The first-order valence-electron chi connectivity index (χ1n) is 5.30. The Morgan fingerprint density at radius 1 is 1.00 bits per heavy atom. The molecule has 3 N–H and O–H groups in total. The van der Waals surface area contributed by atoms with Crippen LogP contribution in [0.25, 0.3) is 11.1 Å². The molecule has 0 aliphatic rings. The summed E-state index contributed by atoms with van der Waals surface area (Å²) >= 11 is 0. The van der Waals surface area contributed by atoms with Crippen molar-refractivity contribution in [2.24, 2.45) is 0 Å². The Labute approximate surface area is 107 Å². The van der Waals surface area contributed by atoms with Gasteiger partial charge in [-0.15, -0.1) is 13.2 Å². The van der Waals surface area contributed by atoms with Crippen molar-refractivity contribution in [2.75, 3.05) is 5.73 Å². The molecule has 0 heterocycles. The highest BCUT2D eigenvalue weighted by Crippen LogP contribution is 2.38. The van der Waals surface area contributed by atoms with Crippen LogP contribution in [0, 0.1) is 0 Å². The van der Waals surface area contributed by atoms with Crippen LogP contribution in [0.3, 0.4) is 0 Å². The van der Waals surface area contributed by atoms with Crippen LogP contribution < -0.4 is 10.5 Å². The zero-order valence-corrected chi connectivity index (χ0v) is 9.61. The summed E-state index contributed by atoms with van der Waals surface area (Å²) < 4.78 is 40.8. The number of nitrogen functional groups attached to an aromatic ring is 1. The monoisotopic (exact) mass is 269 g/mol. The molecule has 0 spiro atoms. The summed E-state index contributed by atoms with van der Waals surface area (Å²) in [6, 6.07) is 9.75. The maximum Gasteiger partial charge on any atom is 0.573 e. The largest absolute Gasteiger partial charge is 0.573 e. The minimum Gasteiger partial charge on any atom is -0.507 e. The number of benzene rings is 2. The van der Waals surface area contributed by atoms with Crippen LogP contribution in [0.15, 0.2) is 42.5 Å². The van der Waals surface area contributed by atoms with Crippen LogP contribution in [-0.2, 0) is 0 Å². The highest BCUT2D eigenvalue weighted by atomic mass is 19.4. The molecule has 0 atom stereocenters. The van der Waals surface area contributed by atoms with E-state index >= 15 is 0 Å². The molecule has 0 saturated carbocycles. The highest BCUT2D eigenvalue weighted by molar-refractivity contribution is 5.77. The van der Waals surface area contributed by atoms with E-state index in [1.807, 2.05) is 0 Å². The van der Waals surface area contributed by atoms with E-state index in [0.29, 0.717) is 5.69 Å². The number of ether oxygens (including phenoxy) is 1. The average Bonchev–Trinajstić information content (AvgIpc) is 2.28. The number of phenols is 1. The number of rotatable bonds is 2. The molecule has 2 aromatic rings. The fraction of sp³-hybridized carbons (Fsp3) is 0.0769. The van der Waals surface area contributed by atoms with Crippen molar-refractivity contribution in [3.63, 3.8) is 0 Å². The smallest absolute Gasteiger partial charge is 0.507 e. The Hall–Kier alpha value is -2.37. The van der Waals surface area contributed by atoms with Gasteiger partial charge in [0.25, 0.3) is 0 Å². The first-order valence-corrected chi connectivity index (χ1v) is 5.30. The molecule has 0 bridgehead atoms. The molecule has 0 radical (unpaired) electrons. The summed E-state index contributed by atoms with van der Waals surface area (Å²) in [6.45, 7) is 0. The van der Waals surface area contributed by atoms with Crippen LogP contribution in [0.1, 0.15) is 0 Å². The van der Waals surface area contributed by atoms with Crippen molar-refractivity contribution in [1.82, 2.24) is 0 Å². The van der Waals surface area contributed by atoms with Crippen molar-refractivity contribution in [3.05, 3.63) is 42.5 Å². The Balaban J connectivity index is 2.50. The molecule has 6 heteroatoms. The second kappa shape index (κ2) is 4.72. The summed E-state index contributed by atoms with van der Waals surface area (Å²) in [5, 5.41) is 9.75. The fourth-order valence-electron chi connectivity index (χ4n) is 1.68.